The molecular formula is C20H23N3O3S. The molecule has 1 atom stereocenters. The molecule has 0 spiro atoms. The second-order valence-electron chi connectivity index (χ2n) is 6.17. The molecule has 3 rings (SSSR count). The van der Waals surface area contributed by atoms with Crippen LogP contribution in [0.2, 0.25) is 0 Å². The highest BCUT2D eigenvalue weighted by molar-refractivity contribution is 7.10. The minimum atomic E-state index is -0.172. The van der Waals surface area contributed by atoms with E-state index in [1.165, 1.54) is 0 Å². The van der Waals surface area contributed by atoms with Crippen LogP contribution in [0.3, 0.4) is 0 Å². The summed E-state index contributed by atoms with van der Waals surface area (Å²) >= 11 is 1.65. The van der Waals surface area contributed by atoms with Crippen molar-refractivity contribution in [3.63, 3.8) is 0 Å². The van der Waals surface area contributed by atoms with Gasteiger partial charge in [-0.3, -0.25) is 9.48 Å². The minimum Gasteiger partial charge on any atom is -0.497 e. The molecule has 0 aliphatic heterocycles. The normalized spacial score (nSPS) is 11.8. The molecule has 0 aliphatic rings. The van der Waals surface area contributed by atoms with Crippen molar-refractivity contribution < 1.29 is 14.3 Å². The van der Waals surface area contributed by atoms with Gasteiger partial charge in [0.1, 0.15) is 17.5 Å². The number of thiophene rings is 1. The van der Waals surface area contributed by atoms with E-state index in [2.05, 4.69) is 16.5 Å². The molecule has 0 radical (unpaired) electrons. The third-order valence-corrected chi connectivity index (χ3v) is 5.11. The molecule has 142 valence electrons. The number of aryl methyl sites for hydroxylation is 2. The van der Waals surface area contributed by atoms with Gasteiger partial charge in [-0.2, -0.15) is 5.10 Å². The zero-order chi connectivity index (χ0) is 19.2. The van der Waals surface area contributed by atoms with Gasteiger partial charge in [0, 0.05) is 17.1 Å². The van der Waals surface area contributed by atoms with E-state index in [1.54, 1.807) is 42.7 Å². The largest absolute Gasteiger partial charge is 0.497 e. The van der Waals surface area contributed by atoms with Crippen LogP contribution in [0, 0.1) is 13.8 Å². The van der Waals surface area contributed by atoms with Gasteiger partial charge in [0.25, 0.3) is 5.91 Å². The second-order valence-corrected chi connectivity index (χ2v) is 7.15. The molecule has 3 aromatic rings. The first-order valence-electron chi connectivity index (χ1n) is 8.66. The highest BCUT2D eigenvalue weighted by atomic mass is 32.1. The Labute approximate surface area is 162 Å². The van der Waals surface area contributed by atoms with Gasteiger partial charge in [0.05, 0.1) is 12.8 Å². The number of methoxy groups -OCH3 is 1. The molecule has 1 N–H and O–H groups in total. The average Bonchev–Trinajstić information content (AvgIpc) is 3.31. The van der Waals surface area contributed by atoms with E-state index >= 15 is 0 Å². The summed E-state index contributed by atoms with van der Waals surface area (Å²) in [6, 6.07) is 13.2. The fraction of sp³-hybridized carbons (Fsp3) is 0.300. The number of hydrogen-bond donors (Lipinski definition) is 1. The average molecular weight is 385 g/mol. The fourth-order valence-corrected chi connectivity index (χ4v) is 3.64. The van der Waals surface area contributed by atoms with Gasteiger partial charge < -0.3 is 14.8 Å². The number of hydrogen-bond acceptors (Lipinski definition) is 5. The fourth-order valence-electron chi connectivity index (χ4n) is 2.83. The molecular weight excluding hydrogens is 362 g/mol. The van der Waals surface area contributed by atoms with Crippen molar-refractivity contribution in [3.05, 3.63) is 64.1 Å². The van der Waals surface area contributed by atoms with Gasteiger partial charge >= 0.3 is 0 Å². The standard InChI is InChI=1S/C20H23N3O3S/c1-14-11-15(2)23(22-14)18(19-5-4-10-27-19)12-21-20(24)13-26-17-8-6-16(25-3)7-9-17/h4-11,18H,12-13H2,1-3H3,(H,21,24). The van der Waals surface area contributed by atoms with Crippen molar-refractivity contribution in [3.8, 4) is 11.5 Å². The van der Waals surface area contributed by atoms with Crippen LogP contribution in [0.4, 0.5) is 0 Å². The van der Waals surface area contributed by atoms with Crippen LogP contribution in [0.5, 0.6) is 11.5 Å². The molecule has 1 amide bonds. The second kappa shape index (κ2) is 8.73. The quantitative estimate of drug-likeness (QED) is 0.646. The summed E-state index contributed by atoms with van der Waals surface area (Å²) in [5.74, 6) is 1.20. The van der Waals surface area contributed by atoms with Gasteiger partial charge in [-0.25, -0.2) is 0 Å². The molecule has 0 bridgehead atoms. The first-order chi connectivity index (χ1) is 13.1. The van der Waals surface area contributed by atoms with Crippen molar-refractivity contribution in [2.75, 3.05) is 20.3 Å². The Kier molecular flexibility index (Phi) is 6.13. The highest BCUT2D eigenvalue weighted by Gasteiger charge is 2.19. The Morgan fingerprint density at radius 2 is 1.96 bits per heavy atom. The van der Waals surface area contributed by atoms with E-state index < -0.39 is 0 Å². The molecule has 0 saturated heterocycles. The van der Waals surface area contributed by atoms with Crippen LogP contribution in [-0.2, 0) is 4.79 Å². The van der Waals surface area contributed by atoms with Gasteiger partial charge in [0.2, 0.25) is 0 Å². The van der Waals surface area contributed by atoms with E-state index in [-0.39, 0.29) is 18.6 Å². The van der Waals surface area contributed by atoms with Gasteiger partial charge in [-0.05, 0) is 55.6 Å². The minimum absolute atomic E-state index is 0.0383. The summed E-state index contributed by atoms with van der Waals surface area (Å²) in [6.07, 6.45) is 0. The summed E-state index contributed by atoms with van der Waals surface area (Å²) in [4.78, 5) is 13.4. The maximum Gasteiger partial charge on any atom is 0.258 e. The topological polar surface area (TPSA) is 65.4 Å². The van der Waals surface area contributed by atoms with Gasteiger partial charge in [0.15, 0.2) is 6.61 Å². The number of nitrogens with zero attached hydrogens (tertiary/aromatic N) is 2. The Balaban J connectivity index is 1.59. The van der Waals surface area contributed by atoms with Gasteiger partial charge in [-0.1, -0.05) is 6.07 Å². The lowest BCUT2D eigenvalue weighted by Crippen LogP contribution is -2.34. The Morgan fingerprint density at radius 3 is 2.56 bits per heavy atom. The van der Waals surface area contributed by atoms with Crippen LogP contribution < -0.4 is 14.8 Å². The smallest absolute Gasteiger partial charge is 0.258 e. The monoisotopic (exact) mass is 385 g/mol. The number of benzene rings is 1. The summed E-state index contributed by atoms with van der Waals surface area (Å²) in [6.45, 7) is 4.40. The van der Waals surface area contributed by atoms with Gasteiger partial charge in [-0.15, -0.1) is 11.3 Å². The SMILES string of the molecule is COc1ccc(OCC(=O)NCC(c2cccs2)n2nc(C)cc2C)cc1. The Bertz CT molecular complexity index is 873. The van der Waals surface area contributed by atoms with Crippen LogP contribution in [-0.4, -0.2) is 35.9 Å². The number of amides is 1. The predicted molar refractivity (Wildman–Crippen MR) is 106 cm³/mol. The van der Waals surface area contributed by atoms with Crippen LogP contribution in [0.25, 0.3) is 0 Å². The number of carbonyl (C=O) groups is 1. The lowest BCUT2D eigenvalue weighted by Gasteiger charge is -2.19. The van der Waals surface area contributed by atoms with Crippen molar-refractivity contribution >= 4 is 17.2 Å². The lowest BCUT2D eigenvalue weighted by atomic mass is 10.2. The predicted octanol–water partition coefficient (Wildman–Crippen LogP) is 3.35. The number of carbonyl (C=O) groups excluding carboxylic acids is 1. The van der Waals surface area contributed by atoms with Crippen molar-refractivity contribution in [1.29, 1.82) is 0 Å². The molecule has 1 aromatic carbocycles. The van der Waals surface area contributed by atoms with E-state index in [9.17, 15) is 4.79 Å². The molecule has 0 fully saturated rings. The molecule has 7 heteroatoms. The summed E-state index contributed by atoms with van der Waals surface area (Å²) < 4.78 is 12.6. The maximum absolute atomic E-state index is 12.2. The molecule has 0 aliphatic carbocycles. The highest BCUT2D eigenvalue weighted by Crippen LogP contribution is 2.24. The molecule has 1 unspecified atom stereocenters. The number of nitrogens with one attached hydrogen (secondary N) is 1. The summed E-state index contributed by atoms with van der Waals surface area (Å²) in [5, 5.41) is 9.57. The molecule has 2 heterocycles. The third kappa shape index (κ3) is 4.89. The van der Waals surface area contributed by atoms with Crippen LogP contribution >= 0.6 is 11.3 Å². The van der Waals surface area contributed by atoms with E-state index in [0.29, 0.717) is 12.3 Å². The van der Waals surface area contributed by atoms with E-state index in [0.717, 1.165) is 22.0 Å². The third-order valence-electron chi connectivity index (χ3n) is 4.13. The molecule has 0 saturated carbocycles. The van der Waals surface area contributed by atoms with Crippen LogP contribution in [0.15, 0.2) is 47.8 Å². The zero-order valence-electron chi connectivity index (χ0n) is 15.6. The molecule has 27 heavy (non-hydrogen) atoms. The Hall–Kier alpha value is -2.80. The molecule has 6 nitrogen and oxygen atoms in total. The number of ether oxygens (including phenoxy) is 2. The summed E-state index contributed by atoms with van der Waals surface area (Å²) in [7, 11) is 1.61. The lowest BCUT2D eigenvalue weighted by molar-refractivity contribution is -0.123. The number of rotatable bonds is 8. The Morgan fingerprint density at radius 1 is 1.22 bits per heavy atom. The van der Waals surface area contributed by atoms with Crippen LogP contribution in [0.1, 0.15) is 22.3 Å². The maximum atomic E-state index is 12.2. The van der Waals surface area contributed by atoms with Crippen molar-refractivity contribution in [2.24, 2.45) is 0 Å². The molecule has 2 aromatic heterocycles. The van der Waals surface area contributed by atoms with E-state index in [4.69, 9.17) is 9.47 Å². The zero-order valence-corrected chi connectivity index (χ0v) is 16.5. The van der Waals surface area contributed by atoms with E-state index in [1.807, 2.05) is 36.0 Å². The first-order valence-corrected chi connectivity index (χ1v) is 9.54. The number of aromatic nitrogens is 2. The van der Waals surface area contributed by atoms with Crippen molar-refractivity contribution in [1.82, 2.24) is 15.1 Å². The van der Waals surface area contributed by atoms with Crippen molar-refractivity contribution in [2.45, 2.75) is 19.9 Å². The first kappa shape index (κ1) is 19.0. The summed E-state index contributed by atoms with van der Waals surface area (Å²) in [5.41, 5.74) is 2.03.